The monoisotopic (exact) mass is 429 g/mol. The lowest BCUT2D eigenvalue weighted by Gasteiger charge is -2.26. The number of aryl methyl sites for hydroxylation is 1. The van der Waals surface area contributed by atoms with Gasteiger partial charge in [0.2, 0.25) is 0 Å². The van der Waals surface area contributed by atoms with Gasteiger partial charge in [-0.1, -0.05) is 35.9 Å². The summed E-state index contributed by atoms with van der Waals surface area (Å²) in [6.45, 7) is 4.04. The summed E-state index contributed by atoms with van der Waals surface area (Å²) in [5, 5.41) is 5.47. The standard InChI is InChI=1S/C22H25ClN4OS/c1-15-6-4-7-16-12-17(21(28)25-20(15)16)14-27(11-10-26(2)3)22(29)24-19-9-5-8-18(23)13-19/h4-9,12-13H,10-11,14H2,1-3H3,(H,24,29)(H,25,28)/p+1. The molecule has 152 valence electrons. The van der Waals surface area contributed by atoms with Crippen LogP contribution in [0.1, 0.15) is 11.1 Å². The molecule has 3 N–H and O–H groups in total. The first kappa shape index (κ1) is 21.3. The van der Waals surface area contributed by atoms with Crippen molar-refractivity contribution in [3.05, 3.63) is 75.0 Å². The van der Waals surface area contributed by atoms with E-state index in [0.29, 0.717) is 22.2 Å². The summed E-state index contributed by atoms with van der Waals surface area (Å²) >= 11 is 11.7. The van der Waals surface area contributed by atoms with E-state index in [2.05, 4.69) is 24.4 Å². The van der Waals surface area contributed by atoms with Crippen LogP contribution in [0.15, 0.2) is 53.3 Å². The number of hydrogen-bond acceptors (Lipinski definition) is 2. The van der Waals surface area contributed by atoms with Gasteiger partial charge in [-0.3, -0.25) is 4.79 Å². The largest absolute Gasteiger partial charge is 0.339 e. The summed E-state index contributed by atoms with van der Waals surface area (Å²) in [6.07, 6.45) is 0. The zero-order valence-electron chi connectivity index (χ0n) is 16.9. The first-order chi connectivity index (χ1) is 13.8. The van der Waals surface area contributed by atoms with Crippen LogP contribution in [0.2, 0.25) is 5.02 Å². The molecule has 0 fully saturated rings. The summed E-state index contributed by atoms with van der Waals surface area (Å²) in [6, 6.07) is 15.4. The summed E-state index contributed by atoms with van der Waals surface area (Å²) in [4.78, 5) is 19.1. The van der Waals surface area contributed by atoms with Gasteiger partial charge in [0.05, 0.1) is 39.2 Å². The van der Waals surface area contributed by atoms with Crippen LogP contribution >= 0.6 is 23.8 Å². The molecule has 7 heteroatoms. The number of likely N-dealkylation sites (N-methyl/N-ethyl adjacent to an activating group) is 1. The summed E-state index contributed by atoms with van der Waals surface area (Å²) in [7, 11) is 4.19. The number of nitrogens with zero attached hydrogens (tertiary/aromatic N) is 1. The molecule has 1 heterocycles. The van der Waals surface area contributed by atoms with Crippen LogP contribution in [-0.2, 0) is 6.54 Å². The van der Waals surface area contributed by atoms with Crippen molar-refractivity contribution in [2.75, 3.05) is 32.5 Å². The first-order valence-corrected chi connectivity index (χ1v) is 10.3. The Labute approximate surface area is 181 Å². The molecule has 3 rings (SSSR count). The number of nitrogens with one attached hydrogen (secondary N) is 3. The van der Waals surface area contributed by atoms with E-state index in [1.165, 1.54) is 4.90 Å². The molecule has 0 saturated heterocycles. The predicted octanol–water partition coefficient (Wildman–Crippen LogP) is 2.83. The Morgan fingerprint density at radius 2 is 1.97 bits per heavy atom. The number of aromatic nitrogens is 1. The van der Waals surface area contributed by atoms with Crippen LogP contribution in [0.5, 0.6) is 0 Å². The van der Waals surface area contributed by atoms with Gasteiger partial charge in [0.25, 0.3) is 5.56 Å². The number of aromatic amines is 1. The minimum atomic E-state index is -0.0837. The summed E-state index contributed by atoms with van der Waals surface area (Å²) < 4.78 is 0. The number of fused-ring (bicyclic) bond motifs is 1. The first-order valence-electron chi connectivity index (χ1n) is 9.55. The maximum atomic E-state index is 12.7. The fourth-order valence-electron chi connectivity index (χ4n) is 3.13. The minimum Gasteiger partial charge on any atom is -0.339 e. The average molecular weight is 430 g/mol. The number of H-pyrrole nitrogens is 1. The SMILES string of the molecule is Cc1cccc2cc(CN(CC[NH+](C)C)C(=S)Nc3cccc(Cl)c3)c(=O)[nH]c12. The fourth-order valence-corrected chi connectivity index (χ4v) is 3.60. The third-order valence-corrected chi connectivity index (χ3v) is 5.37. The van der Waals surface area contributed by atoms with E-state index in [-0.39, 0.29) is 5.56 Å². The van der Waals surface area contributed by atoms with Gasteiger partial charge >= 0.3 is 0 Å². The van der Waals surface area contributed by atoms with Gasteiger partial charge in [0, 0.05) is 16.3 Å². The van der Waals surface area contributed by atoms with Gasteiger partial charge in [-0.15, -0.1) is 0 Å². The second-order valence-electron chi connectivity index (χ2n) is 7.48. The average Bonchev–Trinajstić information content (AvgIpc) is 2.66. The van der Waals surface area contributed by atoms with Gasteiger partial charge in [0.15, 0.2) is 5.11 Å². The second kappa shape index (κ2) is 9.39. The van der Waals surface area contributed by atoms with Crippen molar-refractivity contribution >= 4 is 45.5 Å². The number of rotatable bonds is 6. The molecule has 0 saturated carbocycles. The maximum Gasteiger partial charge on any atom is 0.253 e. The van der Waals surface area contributed by atoms with Crippen LogP contribution in [0, 0.1) is 6.92 Å². The van der Waals surface area contributed by atoms with E-state index in [0.717, 1.165) is 35.2 Å². The van der Waals surface area contributed by atoms with Crippen molar-refractivity contribution < 1.29 is 4.90 Å². The van der Waals surface area contributed by atoms with E-state index >= 15 is 0 Å². The van der Waals surface area contributed by atoms with Crippen LogP contribution in [-0.4, -0.2) is 42.2 Å². The van der Waals surface area contributed by atoms with Gasteiger partial charge < -0.3 is 20.1 Å². The molecule has 0 aliphatic rings. The van der Waals surface area contributed by atoms with Crippen LogP contribution in [0.25, 0.3) is 10.9 Å². The Balaban J connectivity index is 1.87. The third-order valence-electron chi connectivity index (χ3n) is 4.77. The van der Waals surface area contributed by atoms with Crippen LogP contribution < -0.4 is 15.8 Å². The van der Waals surface area contributed by atoms with Gasteiger partial charge in [0.1, 0.15) is 0 Å². The molecule has 5 nitrogen and oxygen atoms in total. The Morgan fingerprint density at radius 1 is 1.21 bits per heavy atom. The predicted molar refractivity (Wildman–Crippen MR) is 125 cm³/mol. The van der Waals surface area contributed by atoms with E-state index in [9.17, 15) is 4.79 Å². The maximum absolute atomic E-state index is 12.7. The molecule has 0 spiro atoms. The zero-order chi connectivity index (χ0) is 21.0. The highest BCUT2D eigenvalue weighted by atomic mass is 35.5. The Bertz CT molecular complexity index is 1080. The molecule has 2 aromatic carbocycles. The molecule has 1 aromatic heterocycles. The highest BCUT2D eigenvalue weighted by Crippen LogP contribution is 2.18. The van der Waals surface area contributed by atoms with Gasteiger partial charge in [-0.25, -0.2) is 0 Å². The molecule has 0 bridgehead atoms. The number of halogens is 1. The number of anilines is 1. The molecular weight excluding hydrogens is 404 g/mol. The number of pyridine rings is 1. The molecule has 0 atom stereocenters. The Morgan fingerprint density at radius 3 is 2.69 bits per heavy atom. The topological polar surface area (TPSA) is 52.6 Å². The number of benzene rings is 2. The van der Waals surface area contributed by atoms with Gasteiger partial charge in [-0.2, -0.15) is 0 Å². The fraction of sp³-hybridized carbons (Fsp3) is 0.273. The minimum absolute atomic E-state index is 0.0837. The summed E-state index contributed by atoms with van der Waals surface area (Å²) in [5.41, 5.74) is 3.36. The zero-order valence-corrected chi connectivity index (χ0v) is 18.5. The number of quaternary nitrogens is 1. The van der Waals surface area contributed by atoms with Crippen molar-refractivity contribution in [1.29, 1.82) is 0 Å². The molecule has 0 unspecified atom stereocenters. The van der Waals surface area contributed by atoms with Crippen molar-refractivity contribution in [3.63, 3.8) is 0 Å². The normalized spacial score (nSPS) is 11.1. The lowest BCUT2D eigenvalue weighted by molar-refractivity contribution is -0.857. The molecule has 0 radical (unpaired) electrons. The van der Waals surface area contributed by atoms with E-state index in [1.807, 2.05) is 60.4 Å². The van der Waals surface area contributed by atoms with Crippen LogP contribution in [0.4, 0.5) is 5.69 Å². The lowest BCUT2D eigenvalue weighted by atomic mass is 10.1. The van der Waals surface area contributed by atoms with Crippen LogP contribution in [0.3, 0.4) is 0 Å². The quantitative estimate of drug-likeness (QED) is 0.527. The number of hydrogen-bond donors (Lipinski definition) is 3. The van der Waals surface area contributed by atoms with E-state index < -0.39 is 0 Å². The lowest BCUT2D eigenvalue weighted by Crippen LogP contribution is -3.06. The van der Waals surface area contributed by atoms with Crippen molar-refractivity contribution in [2.24, 2.45) is 0 Å². The molecular formula is C22H26ClN4OS+. The third kappa shape index (κ3) is 5.56. The molecule has 3 aromatic rings. The van der Waals surface area contributed by atoms with Gasteiger partial charge in [-0.05, 0) is 54.4 Å². The molecule has 0 aliphatic heterocycles. The second-order valence-corrected chi connectivity index (χ2v) is 8.31. The number of para-hydroxylation sites is 1. The molecule has 29 heavy (non-hydrogen) atoms. The van der Waals surface area contributed by atoms with E-state index in [4.69, 9.17) is 23.8 Å². The highest BCUT2D eigenvalue weighted by Gasteiger charge is 2.15. The number of thiocarbonyl (C=S) groups is 1. The van der Waals surface area contributed by atoms with E-state index in [1.54, 1.807) is 0 Å². The Hall–Kier alpha value is -2.41. The smallest absolute Gasteiger partial charge is 0.253 e. The van der Waals surface area contributed by atoms with Crippen molar-refractivity contribution in [2.45, 2.75) is 13.5 Å². The molecule has 0 aliphatic carbocycles. The van der Waals surface area contributed by atoms with Crippen molar-refractivity contribution in [3.8, 4) is 0 Å². The highest BCUT2D eigenvalue weighted by molar-refractivity contribution is 7.80. The Kier molecular flexibility index (Phi) is 6.90. The molecule has 0 amide bonds. The summed E-state index contributed by atoms with van der Waals surface area (Å²) in [5.74, 6) is 0. The van der Waals surface area contributed by atoms with Crippen molar-refractivity contribution in [1.82, 2.24) is 9.88 Å².